The fraction of sp³-hybridized carbons (Fsp3) is 0.812. The summed E-state index contributed by atoms with van der Waals surface area (Å²) in [5.41, 5.74) is 0.479. The number of amides is 1. The first kappa shape index (κ1) is 16.0. The topological polar surface area (TPSA) is 59.8 Å². The van der Waals surface area contributed by atoms with Crippen LogP contribution in [0, 0.1) is 5.41 Å². The predicted molar refractivity (Wildman–Crippen MR) is 83.2 cm³/mol. The van der Waals surface area contributed by atoms with Gasteiger partial charge >= 0.3 is 0 Å². The van der Waals surface area contributed by atoms with E-state index < -0.39 is 0 Å². The minimum atomic E-state index is -0.154. The van der Waals surface area contributed by atoms with Gasteiger partial charge in [-0.2, -0.15) is 0 Å². The van der Waals surface area contributed by atoms with Crippen LogP contribution in [0.5, 0.6) is 0 Å². The lowest BCUT2D eigenvalue weighted by Gasteiger charge is -2.28. The number of nitrogens with zero attached hydrogens (tertiary/aromatic N) is 3. The molecule has 0 unspecified atom stereocenters. The van der Waals surface area contributed by atoms with E-state index in [-0.39, 0.29) is 16.9 Å². The number of hydrogen-bond donors (Lipinski definition) is 1. The van der Waals surface area contributed by atoms with Gasteiger partial charge in [-0.15, -0.1) is 5.10 Å². The Morgan fingerprint density at radius 2 is 1.90 bits per heavy atom. The molecule has 1 fully saturated rings. The Morgan fingerprint density at radius 3 is 2.43 bits per heavy atom. The highest BCUT2D eigenvalue weighted by Gasteiger charge is 2.27. The van der Waals surface area contributed by atoms with Crippen molar-refractivity contribution in [3.8, 4) is 0 Å². The largest absolute Gasteiger partial charge is 0.350 e. The van der Waals surface area contributed by atoms with E-state index in [1.165, 1.54) is 38.5 Å². The van der Waals surface area contributed by atoms with Gasteiger partial charge in [0, 0.05) is 6.54 Å². The molecule has 0 aliphatic heterocycles. The Bertz CT molecular complexity index is 479. The predicted octanol–water partition coefficient (Wildman–Crippen LogP) is 3.12. The van der Waals surface area contributed by atoms with Gasteiger partial charge in [0.25, 0.3) is 5.91 Å². The van der Waals surface area contributed by atoms with Gasteiger partial charge in [-0.1, -0.05) is 37.8 Å². The summed E-state index contributed by atoms with van der Waals surface area (Å²) in [6, 6.07) is 0. The molecule has 1 amide bonds. The quantitative estimate of drug-likeness (QED) is 0.871. The molecule has 0 aromatic carbocycles. The van der Waals surface area contributed by atoms with Crippen LogP contribution in [0.3, 0.4) is 0 Å². The lowest BCUT2D eigenvalue weighted by atomic mass is 9.82. The van der Waals surface area contributed by atoms with Crippen molar-refractivity contribution in [2.75, 3.05) is 6.54 Å². The van der Waals surface area contributed by atoms with Gasteiger partial charge < -0.3 is 5.32 Å². The monoisotopic (exact) mass is 292 g/mol. The first-order valence-corrected chi connectivity index (χ1v) is 8.01. The lowest BCUT2D eigenvalue weighted by molar-refractivity contribution is 0.0923. The Hall–Kier alpha value is -1.39. The molecule has 1 aliphatic rings. The van der Waals surface area contributed by atoms with Gasteiger partial charge in [-0.3, -0.25) is 4.79 Å². The molecule has 5 nitrogen and oxygen atoms in total. The van der Waals surface area contributed by atoms with Crippen LogP contribution in [-0.4, -0.2) is 27.4 Å². The fourth-order valence-corrected chi connectivity index (χ4v) is 2.84. The normalized spacial score (nSPS) is 19.0. The minimum absolute atomic E-state index is 0.115. The van der Waals surface area contributed by atoms with Crippen molar-refractivity contribution in [3.05, 3.63) is 11.9 Å². The number of hydrogen-bond acceptors (Lipinski definition) is 3. The summed E-state index contributed by atoms with van der Waals surface area (Å²) in [7, 11) is 0. The second-order valence-corrected chi connectivity index (χ2v) is 7.63. The van der Waals surface area contributed by atoms with Gasteiger partial charge in [0.05, 0.1) is 11.7 Å². The summed E-state index contributed by atoms with van der Waals surface area (Å²) in [4.78, 5) is 12.2. The summed E-state index contributed by atoms with van der Waals surface area (Å²) < 4.78 is 1.73. The molecule has 21 heavy (non-hydrogen) atoms. The number of carbonyl (C=O) groups is 1. The zero-order valence-electron chi connectivity index (χ0n) is 13.8. The standard InChI is InChI=1S/C16H28N4O/c1-15(2,3)20-11-13(18-19-20)14(21)17-12-16(4)9-7-5-6-8-10-16/h11H,5-10,12H2,1-4H3,(H,17,21). The average molecular weight is 292 g/mol. The van der Waals surface area contributed by atoms with Crippen molar-refractivity contribution in [1.29, 1.82) is 0 Å². The lowest BCUT2D eigenvalue weighted by Crippen LogP contribution is -2.35. The fourth-order valence-electron chi connectivity index (χ4n) is 2.84. The van der Waals surface area contributed by atoms with Gasteiger partial charge in [0.15, 0.2) is 5.69 Å². The summed E-state index contributed by atoms with van der Waals surface area (Å²) in [6.07, 6.45) is 9.31. The maximum atomic E-state index is 12.2. The number of nitrogens with one attached hydrogen (secondary N) is 1. The molecule has 0 radical (unpaired) electrons. The van der Waals surface area contributed by atoms with Gasteiger partial charge in [0.1, 0.15) is 0 Å². The molecule has 118 valence electrons. The van der Waals surface area contributed by atoms with Crippen molar-refractivity contribution in [2.24, 2.45) is 5.41 Å². The molecule has 1 N–H and O–H groups in total. The Balaban J connectivity index is 1.93. The number of rotatable bonds is 3. The molecule has 0 saturated heterocycles. The second-order valence-electron chi connectivity index (χ2n) is 7.63. The highest BCUT2D eigenvalue weighted by Crippen LogP contribution is 2.33. The molecule has 1 saturated carbocycles. The van der Waals surface area contributed by atoms with Crippen LogP contribution in [0.1, 0.15) is 76.7 Å². The molecular formula is C16H28N4O. The third-order valence-electron chi connectivity index (χ3n) is 4.40. The van der Waals surface area contributed by atoms with Crippen LogP contribution >= 0.6 is 0 Å². The van der Waals surface area contributed by atoms with E-state index in [0.717, 1.165) is 6.54 Å². The molecule has 1 aromatic rings. The van der Waals surface area contributed by atoms with Crippen LogP contribution in [0.25, 0.3) is 0 Å². The van der Waals surface area contributed by atoms with Crippen LogP contribution in [0.4, 0.5) is 0 Å². The van der Waals surface area contributed by atoms with Crippen LogP contribution in [0.15, 0.2) is 6.20 Å². The van der Waals surface area contributed by atoms with Crippen molar-refractivity contribution in [3.63, 3.8) is 0 Å². The molecule has 1 aromatic heterocycles. The van der Waals surface area contributed by atoms with Crippen LogP contribution in [-0.2, 0) is 5.54 Å². The van der Waals surface area contributed by atoms with E-state index in [2.05, 4.69) is 22.6 Å². The van der Waals surface area contributed by atoms with E-state index >= 15 is 0 Å². The van der Waals surface area contributed by atoms with E-state index in [0.29, 0.717) is 5.69 Å². The zero-order valence-corrected chi connectivity index (χ0v) is 13.8. The molecule has 1 heterocycles. The van der Waals surface area contributed by atoms with E-state index in [4.69, 9.17) is 0 Å². The van der Waals surface area contributed by atoms with E-state index in [1.54, 1.807) is 10.9 Å². The third kappa shape index (κ3) is 4.29. The first-order valence-electron chi connectivity index (χ1n) is 8.01. The summed E-state index contributed by atoms with van der Waals surface area (Å²) in [6.45, 7) is 9.13. The number of carbonyl (C=O) groups excluding carboxylic acids is 1. The van der Waals surface area contributed by atoms with E-state index in [9.17, 15) is 4.79 Å². The molecular weight excluding hydrogens is 264 g/mol. The average Bonchev–Trinajstić information content (AvgIpc) is 2.81. The van der Waals surface area contributed by atoms with Crippen LogP contribution in [0.2, 0.25) is 0 Å². The van der Waals surface area contributed by atoms with Crippen molar-refractivity contribution >= 4 is 5.91 Å². The maximum Gasteiger partial charge on any atom is 0.273 e. The first-order chi connectivity index (χ1) is 9.80. The summed E-state index contributed by atoms with van der Waals surface area (Å²) in [5.74, 6) is -0.115. The van der Waals surface area contributed by atoms with Gasteiger partial charge in [-0.05, 0) is 39.0 Å². The Morgan fingerprint density at radius 1 is 1.29 bits per heavy atom. The Labute approximate surface area is 127 Å². The molecule has 2 rings (SSSR count). The summed E-state index contributed by atoms with van der Waals surface area (Å²) >= 11 is 0. The maximum absolute atomic E-state index is 12.2. The second kappa shape index (κ2) is 6.16. The number of aromatic nitrogens is 3. The van der Waals surface area contributed by atoms with Crippen molar-refractivity contribution < 1.29 is 4.79 Å². The highest BCUT2D eigenvalue weighted by molar-refractivity contribution is 5.91. The van der Waals surface area contributed by atoms with Crippen molar-refractivity contribution in [1.82, 2.24) is 20.3 Å². The molecule has 0 spiro atoms. The molecule has 0 atom stereocenters. The molecule has 5 heteroatoms. The van der Waals surface area contributed by atoms with Gasteiger partial charge in [-0.25, -0.2) is 4.68 Å². The van der Waals surface area contributed by atoms with E-state index in [1.807, 2.05) is 20.8 Å². The third-order valence-corrected chi connectivity index (χ3v) is 4.40. The Kier molecular flexibility index (Phi) is 4.69. The van der Waals surface area contributed by atoms with Crippen molar-refractivity contribution in [2.45, 2.75) is 71.8 Å². The smallest absolute Gasteiger partial charge is 0.273 e. The highest BCUT2D eigenvalue weighted by atomic mass is 16.2. The van der Waals surface area contributed by atoms with Gasteiger partial charge in [0.2, 0.25) is 0 Å². The molecule has 1 aliphatic carbocycles. The SMILES string of the molecule is CC1(CNC(=O)c2cn(C(C)(C)C)nn2)CCCCCC1. The summed E-state index contributed by atoms with van der Waals surface area (Å²) in [5, 5.41) is 11.1. The van der Waals surface area contributed by atoms with Crippen LogP contribution < -0.4 is 5.32 Å². The zero-order chi connectivity index (χ0) is 15.5. The molecule has 0 bridgehead atoms. The minimum Gasteiger partial charge on any atom is -0.350 e.